The second-order valence-electron chi connectivity index (χ2n) is 6.97. The minimum Gasteiger partial charge on any atom is -0.351 e. The van der Waals surface area contributed by atoms with Crippen LogP contribution in [0.25, 0.3) is 0 Å². The van der Waals surface area contributed by atoms with Gasteiger partial charge in [0.25, 0.3) is 0 Å². The maximum Gasteiger partial charge on any atom is 0.243 e. The number of rotatable bonds is 6. The summed E-state index contributed by atoms with van der Waals surface area (Å²) in [5.74, 6) is 0.262. The van der Waals surface area contributed by atoms with E-state index >= 15 is 0 Å². The molecule has 0 bridgehead atoms. The van der Waals surface area contributed by atoms with Gasteiger partial charge in [-0.2, -0.15) is 0 Å². The third-order valence-corrected chi connectivity index (χ3v) is 6.23. The Hall–Kier alpha value is -2.48. The van der Waals surface area contributed by atoms with Gasteiger partial charge in [-0.05, 0) is 31.9 Å². The highest BCUT2D eigenvalue weighted by atomic mass is 32.2. The summed E-state index contributed by atoms with van der Waals surface area (Å²) in [4.78, 5) is 21.6. The van der Waals surface area contributed by atoms with Gasteiger partial charge in [-0.15, -0.1) is 0 Å². The lowest BCUT2D eigenvalue weighted by atomic mass is 10.0. The summed E-state index contributed by atoms with van der Waals surface area (Å²) >= 11 is 0. The van der Waals surface area contributed by atoms with Crippen molar-refractivity contribution in [2.75, 3.05) is 16.8 Å². The molecule has 2 unspecified atom stereocenters. The number of carbonyl (C=O) groups excluding carboxylic acids is 1. The number of nitrogens with zero attached hydrogens (tertiary/aromatic N) is 2. The van der Waals surface area contributed by atoms with E-state index in [1.165, 1.54) is 0 Å². The van der Waals surface area contributed by atoms with Crippen molar-refractivity contribution >= 4 is 21.7 Å². The molecule has 1 saturated heterocycles. The van der Waals surface area contributed by atoms with Crippen LogP contribution in [0.2, 0.25) is 0 Å². The second-order valence-corrected chi connectivity index (χ2v) is 9.20. The van der Waals surface area contributed by atoms with Crippen molar-refractivity contribution in [3.63, 3.8) is 0 Å². The van der Waals surface area contributed by atoms with Crippen molar-refractivity contribution in [1.29, 1.82) is 0 Å². The number of carbonyl (C=O) groups is 1. The Bertz CT molecular complexity index is 896. The number of sulfone groups is 1. The fourth-order valence-corrected chi connectivity index (χ4v) is 4.89. The molecular formula is C19H24N4O3S. The number of nitrogens with one attached hydrogen (secondary N) is 2. The number of aromatic nitrogens is 2. The number of benzene rings is 1. The lowest BCUT2D eigenvalue weighted by Gasteiger charge is -2.21. The molecule has 2 N–H and O–H groups in total. The van der Waals surface area contributed by atoms with Crippen molar-refractivity contribution in [1.82, 2.24) is 15.3 Å². The Morgan fingerprint density at radius 3 is 2.44 bits per heavy atom. The van der Waals surface area contributed by atoms with E-state index in [1.54, 1.807) is 0 Å². The molecule has 2 atom stereocenters. The fourth-order valence-electron chi connectivity index (χ4n) is 3.22. The Morgan fingerprint density at radius 1 is 1.19 bits per heavy atom. The average Bonchev–Trinajstić information content (AvgIpc) is 2.93. The second kappa shape index (κ2) is 8.04. The first kappa shape index (κ1) is 19.3. The SMILES string of the molecule is Cc1cc(C)nc(NC(Cc2ccccc2)C(=O)NC2CCS(=O)(=O)C2)n1. The first-order valence-corrected chi connectivity index (χ1v) is 10.8. The number of hydrogen-bond acceptors (Lipinski definition) is 6. The normalized spacial score (nSPS) is 19.4. The van der Waals surface area contributed by atoms with Crippen molar-refractivity contribution in [2.45, 2.75) is 38.8 Å². The van der Waals surface area contributed by atoms with Gasteiger partial charge in [0.15, 0.2) is 9.84 Å². The van der Waals surface area contributed by atoms with Gasteiger partial charge in [0, 0.05) is 23.9 Å². The largest absolute Gasteiger partial charge is 0.351 e. The lowest BCUT2D eigenvalue weighted by molar-refractivity contribution is -0.122. The summed E-state index contributed by atoms with van der Waals surface area (Å²) < 4.78 is 23.3. The first-order valence-electron chi connectivity index (χ1n) is 8.94. The number of amides is 1. The first-order chi connectivity index (χ1) is 12.8. The molecule has 1 amide bonds. The van der Waals surface area contributed by atoms with E-state index in [9.17, 15) is 13.2 Å². The van der Waals surface area contributed by atoms with E-state index in [4.69, 9.17) is 0 Å². The Kier molecular flexibility index (Phi) is 5.74. The predicted octanol–water partition coefficient (Wildman–Crippen LogP) is 1.42. The lowest BCUT2D eigenvalue weighted by Crippen LogP contribution is -2.46. The van der Waals surface area contributed by atoms with Crippen LogP contribution in [0.3, 0.4) is 0 Å². The fraction of sp³-hybridized carbons (Fsp3) is 0.421. The summed E-state index contributed by atoms with van der Waals surface area (Å²) in [5, 5.41) is 5.99. The van der Waals surface area contributed by atoms with Crippen LogP contribution in [0.1, 0.15) is 23.4 Å². The highest BCUT2D eigenvalue weighted by molar-refractivity contribution is 7.91. The van der Waals surface area contributed by atoms with Crippen LogP contribution in [-0.4, -0.2) is 47.9 Å². The van der Waals surface area contributed by atoms with Gasteiger partial charge in [0.05, 0.1) is 11.5 Å². The Labute approximate surface area is 159 Å². The molecule has 144 valence electrons. The van der Waals surface area contributed by atoms with E-state index < -0.39 is 15.9 Å². The molecule has 0 saturated carbocycles. The Balaban J connectivity index is 1.77. The van der Waals surface area contributed by atoms with Crippen molar-refractivity contribution in [2.24, 2.45) is 0 Å². The molecule has 2 aromatic rings. The van der Waals surface area contributed by atoms with Gasteiger partial charge >= 0.3 is 0 Å². The quantitative estimate of drug-likeness (QED) is 0.776. The van der Waals surface area contributed by atoms with Crippen LogP contribution in [0.5, 0.6) is 0 Å². The van der Waals surface area contributed by atoms with Gasteiger partial charge in [-0.1, -0.05) is 30.3 Å². The van der Waals surface area contributed by atoms with Gasteiger partial charge in [0.2, 0.25) is 11.9 Å². The van der Waals surface area contributed by atoms with Crippen LogP contribution in [0.4, 0.5) is 5.95 Å². The van der Waals surface area contributed by atoms with Gasteiger partial charge in [-0.3, -0.25) is 4.79 Å². The minimum absolute atomic E-state index is 0.00312. The highest BCUT2D eigenvalue weighted by Gasteiger charge is 2.31. The summed E-state index contributed by atoms with van der Waals surface area (Å²) in [5.41, 5.74) is 2.62. The smallest absolute Gasteiger partial charge is 0.243 e. The molecule has 1 aromatic carbocycles. The van der Waals surface area contributed by atoms with Crippen molar-refractivity contribution in [3.05, 3.63) is 53.3 Å². The average molecular weight is 388 g/mol. The summed E-state index contributed by atoms with van der Waals surface area (Å²) in [6, 6.07) is 10.6. The minimum atomic E-state index is -3.06. The molecule has 0 radical (unpaired) electrons. The highest BCUT2D eigenvalue weighted by Crippen LogP contribution is 2.14. The van der Waals surface area contributed by atoms with Gasteiger partial charge in [-0.25, -0.2) is 18.4 Å². The summed E-state index contributed by atoms with van der Waals surface area (Å²) in [6.45, 7) is 3.74. The van der Waals surface area contributed by atoms with Crippen molar-refractivity contribution in [3.8, 4) is 0 Å². The summed E-state index contributed by atoms with van der Waals surface area (Å²) in [7, 11) is -3.06. The zero-order valence-corrected chi connectivity index (χ0v) is 16.3. The molecule has 7 nitrogen and oxygen atoms in total. The molecule has 3 rings (SSSR count). The van der Waals surface area contributed by atoms with Crippen molar-refractivity contribution < 1.29 is 13.2 Å². The van der Waals surface area contributed by atoms with E-state index in [-0.39, 0.29) is 23.5 Å². The molecule has 8 heteroatoms. The standard InChI is InChI=1S/C19H24N4O3S/c1-13-10-14(2)21-19(20-13)23-17(11-15-6-4-3-5-7-15)18(24)22-16-8-9-27(25,26)12-16/h3-7,10,16-17H,8-9,11-12H2,1-2H3,(H,22,24)(H,20,21,23). The van der Waals surface area contributed by atoms with E-state index in [0.717, 1.165) is 17.0 Å². The van der Waals surface area contributed by atoms with Crippen LogP contribution in [0, 0.1) is 13.8 Å². The Morgan fingerprint density at radius 2 is 1.85 bits per heavy atom. The molecule has 1 aromatic heterocycles. The number of hydrogen-bond donors (Lipinski definition) is 2. The van der Waals surface area contributed by atoms with E-state index in [1.807, 2.05) is 50.2 Å². The maximum absolute atomic E-state index is 12.9. The molecule has 1 fully saturated rings. The van der Waals surface area contributed by atoms with Gasteiger partial charge in [0.1, 0.15) is 6.04 Å². The van der Waals surface area contributed by atoms with Crippen LogP contribution >= 0.6 is 0 Å². The number of anilines is 1. The van der Waals surface area contributed by atoms with Crippen LogP contribution in [-0.2, 0) is 21.1 Å². The molecular weight excluding hydrogens is 364 g/mol. The molecule has 1 aliphatic rings. The van der Waals surface area contributed by atoms with Crippen LogP contribution < -0.4 is 10.6 Å². The monoisotopic (exact) mass is 388 g/mol. The zero-order valence-electron chi connectivity index (χ0n) is 15.5. The van der Waals surface area contributed by atoms with Crippen LogP contribution in [0.15, 0.2) is 36.4 Å². The molecule has 0 spiro atoms. The van der Waals surface area contributed by atoms with Gasteiger partial charge < -0.3 is 10.6 Å². The maximum atomic E-state index is 12.9. The molecule has 0 aliphatic carbocycles. The summed E-state index contributed by atoms with van der Waals surface area (Å²) in [6.07, 6.45) is 0.897. The van der Waals surface area contributed by atoms with E-state index in [0.29, 0.717) is 18.8 Å². The van der Waals surface area contributed by atoms with E-state index in [2.05, 4.69) is 20.6 Å². The third-order valence-electron chi connectivity index (χ3n) is 4.46. The molecule has 2 heterocycles. The number of aryl methyl sites for hydroxylation is 2. The zero-order chi connectivity index (χ0) is 19.4. The topological polar surface area (TPSA) is 101 Å². The third kappa shape index (κ3) is 5.50. The molecule has 1 aliphatic heterocycles. The predicted molar refractivity (Wildman–Crippen MR) is 104 cm³/mol. The molecule has 27 heavy (non-hydrogen) atoms.